The number of hydrogen-bond acceptors (Lipinski definition) is 3. The van der Waals surface area contributed by atoms with Crippen LogP contribution >= 0.6 is 0 Å². The van der Waals surface area contributed by atoms with Crippen molar-refractivity contribution in [3.63, 3.8) is 0 Å². The van der Waals surface area contributed by atoms with Crippen molar-refractivity contribution in [3.05, 3.63) is 24.3 Å². The van der Waals surface area contributed by atoms with Gasteiger partial charge in [-0.25, -0.2) is 13.6 Å². The van der Waals surface area contributed by atoms with E-state index >= 15 is 0 Å². The molecule has 1 aliphatic carbocycles. The van der Waals surface area contributed by atoms with Gasteiger partial charge in [-0.3, -0.25) is 4.79 Å². The molecule has 98 valence electrons. The molecular weight excluding hydrogens is 252 g/mol. The molecule has 0 heterocycles. The second-order valence-corrected chi connectivity index (χ2v) is 6.87. The summed E-state index contributed by atoms with van der Waals surface area (Å²) < 4.78 is 22.4. The molecular formula is C12H16N2O3S. The van der Waals surface area contributed by atoms with Gasteiger partial charge in [-0.1, -0.05) is 19.9 Å². The number of hydrogen-bond donors (Lipinski definition) is 2. The zero-order valence-corrected chi connectivity index (χ0v) is 11.1. The zero-order chi connectivity index (χ0) is 13.6. The molecule has 1 unspecified atom stereocenters. The Balaban J connectivity index is 2.14. The highest BCUT2D eigenvalue weighted by Crippen LogP contribution is 2.51. The SMILES string of the molecule is CC1(C)CC1C(=O)Nc1cccc(S(N)(=O)=O)c1. The third kappa shape index (κ3) is 2.70. The highest BCUT2D eigenvalue weighted by Gasteiger charge is 2.50. The molecule has 1 amide bonds. The second kappa shape index (κ2) is 4.07. The van der Waals surface area contributed by atoms with Crippen molar-refractivity contribution in [1.29, 1.82) is 0 Å². The molecule has 1 aromatic rings. The van der Waals surface area contributed by atoms with E-state index in [4.69, 9.17) is 5.14 Å². The molecule has 0 radical (unpaired) electrons. The number of sulfonamides is 1. The average Bonchev–Trinajstić information content (AvgIpc) is 2.87. The number of nitrogens with two attached hydrogens (primary N) is 1. The molecule has 0 spiro atoms. The summed E-state index contributed by atoms with van der Waals surface area (Å²) in [4.78, 5) is 11.9. The third-order valence-electron chi connectivity index (χ3n) is 3.26. The van der Waals surface area contributed by atoms with E-state index in [2.05, 4.69) is 5.32 Å². The van der Waals surface area contributed by atoms with Crippen LogP contribution in [0, 0.1) is 11.3 Å². The van der Waals surface area contributed by atoms with Gasteiger partial charge < -0.3 is 5.32 Å². The molecule has 0 saturated heterocycles. The van der Waals surface area contributed by atoms with Crippen LogP contribution in [0.1, 0.15) is 20.3 Å². The van der Waals surface area contributed by atoms with Crippen LogP contribution in [-0.4, -0.2) is 14.3 Å². The second-order valence-electron chi connectivity index (χ2n) is 5.31. The van der Waals surface area contributed by atoms with Gasteiger partial charge in [-0.15, -0.1) is 0 Å². The molecule has 0 aromatic heterocycles. The predicted molar refractivity (Wildman–Crippen MR) is 68.3 cm³/mol. The van der Waals surface area contributed by atoms with E-state index in [9.17, 15) is 13.2 Å². The molecule has 0 aliphatic heterocycles. The van der Waals surface area contributed by atoms with Gasteiger partial charge in [0.2, 0.25) is 15.9 Å². The van der Waals surface area contributed by atoms with E-state index in [0.29, 0.717) is 5.69 Å². The normalized spacial score (nSPS) is 21.4. The minimum absolute atomic E-state index is 0.00404. The van der Waals surface area contributed by atoms with E-state index < -0.39 is 10.0 Å². The molecule has 1 aromatic carbocycles. The maximum absolute atomic E-state index is 11.9. The van der Waals surface area contributed by atoms with Gasteiger partial charge in [0.15, 0.2) is 0 Å². The monoisotopic (exact) mass is 268 g/mol. The van der Waals surface area contributed by atoms with Crippen LogP contribution in [0.2, 0.25) is 0 Å². The largest absolute Gasteiger partial charge is 0.326 e. The van der Waals surface area contributed by atoms with Crippen LogP contribution in [0.15, 0.2) is 29.2 Å². The Bertz CT molecular complexity index is 593. The van der Waals surface area contributed by atoms with Crippen LogP contribution in [0.3, 0.4) is 0 Å². The minimum Gasteiger partial charge on any atom is -0.326 e. The fourth-order valence-electron chi connectivity index (χ4n) is 1.89. The van der Waals surface area contributed by atoms with Crippen LogP contribution in [0.4, 0.5) is 5.69 Å². The van der Waals surface area contributed by atoms with Gasteiger partial charge in [0, 0.05) is 11.6 Å². The Morgan fingerprint density at radius 2 is 2.06 bits per heavy atom. The molecule has 1 fully saturated rings. The van der Waals surface area contributed by atoms with E-state index in [1.54, 1.807) is 12.1 Å². The van der Waals surface area contributed by atoms with Gasteiger partial charge in [-0.05, 0) is 30.0 Å². The number of amides is 1. The topological polar surface area (TPSA) is 89.3 Å². The Morgan fingerprint density at radius 1 is 1.44 bits per heavy atom. The number of benzene rings is 1. The Labute approximate surface area is 106 Å². The first-order valence-electron chi connectivity index (χ1n) is 5.64. The molecule has 6 heteroatoms. The minimum atomic E-state index is -3.74. The van der Waals surface area contributed by atoms with Crippen molar-refractivity contribution in [1.82, 2.24) is 0 Å². The summed E-state index contributed by atoms with van der Waals surface area (Å²) in [6.45, 7) is 4.05. The number of anilines is 1. The third-order valence-corrected chi connectivity index (χ3v) is 4.17. The molecule has 18 heavy (non-hydrogen) atoms. The lowest BCUT2D eigenvalue weighted by atomic mass is 10.1. The number of nitrogens with one attached hydrogen (secondary N) is 1. The lowest BCUT2D eigenvalue weighted by Crippen LogP contribution is -2.17. The van der Waals surface area contributed by atoms with Gasteiger partial charge >= 0.3 is 0 Å². The number of carbonyl (C=O) groups excluding carboxylic acids is 1. The van der Waals surface area contributed by atoms with E-state index in [1.165, 1.54) is 12.1 Å². The van der Waals surface area contributed by atoms with Crippen LogP contribution in [0.5, 0.6) is 0 Å². The standard InChI is InChI=1S/C12H16N2O3S/c1-12(2)7-10(12)11(15)14-8-4-3-5-9(6-8)18(13,16)17/h3-6,10H,7H2,1-2H3,(H,14,15)(H2,13,16,17). The van der Waals surface area contributed by atoms with Crippen LogP contribution in [0.25, 0.3) is 0 Å². The zero-order valence-electron chi connectivity index (χ0n) is 10.3. The summed E-state index contributed by atoms with van der Waals surface area (Å²) in [5, 5.41) is 7.74. The lowest BCUT2D eigenvalue weighted by molar-refractivity contribution is -0.118. The molecule has 2 rings (SSSR count). The van der Waals surface area contributed by atoms with Crippen molar-refractivity contribution < 1.29 is 13.2 Å². The van der Waals surface area contributed by atoms with Crippen molar-refractivity contribution in [2.75, 3.05) is 5.32 Å². The Hall–Kier alpha value is -1.40. The first kappa shape index (κ1) is 13.0. The number of rotatable bonds is 3. The molecule has 1 aliphatic rings. The smallest absolute Gasteiger partial charge is 0.238 e. The summed E-state index contributed by atoms with van der Waals surface area (Å²) in [5.41, 5.74) is 0.496. The van der Waals surface area contributed by atoms with E-state index in [1.807, 2.05) is 13.8 Å². The van der Waals surface area contributed by atoms with Gasteiger partial charge in [0.05, 0.1) is 4.90 Å². The summed E-state index contributed by atoms with van der Waals surface area (Å²) in [5.74, 6) is -0.0813. The predicted octanol–water partition coefficient (Wildman–Crippen LogP) is 1.32. The summed E-state index contributed by atoms with van der Waals surface area (Å²) in [6, 6.07) is 5.95. The maximum Gasteiger partial charge on any atom is 0.238 e. The molecule has 0 bridgehead atoms. The molecule has 5 nitrogen and oxygen atoms in total. The fourth-order valence-corrected chi connectivity index (χ4v) is 2.45. The quantitative estimate of drug-likeness (QED) is 0.866. The summed E-state index contributed by atoms with van der Waals surface area (Å²) >= 11 is 0. The average molecular weight is 268 g/mol. The first-order chi connectivity index (χ1) is 8.20. The highest BCUT2D eigenvalue weighted by molar-refractivity contribution is 7.89. The van der Waals surface area contributed by atoms with Gasteiger partial charge in [0.25, 0.3) is 0 Å². The van der Waals surface area contributed by atoms with Crippen molar-refractivity contribution in [2.24, 2.45) is 16.5 Å². The Morgan fingerprint density at radius 3 is 2.56 bits per heavy atom. The number of carbonyl (C=O) groups is 1. The molecule has 1 saturated carbocycles. The van der Waals surface area contributed by atoms with Crippen molar-refractivity contribution in [2.45, 2.75) is 25.2 Å². The fraction of sp³-hybridized carbons (Fsp3) is 0.417. The van der Waals surface area contributed by atoms with Crippen molar-refractivity contribution in [3.8, 4) is 0 Å². The van der Waals surface area contributed by atoms with Crippen LogP contribution in [-0.2, 0) is 14.8 Å². The lowest BCUT2D eigenvalue weighted by Gasteiger charge is -2.07. The Kier molecular flexibility index (Phi) is 2.95. The van der Waals surface area contributed by atoms with E-state index in [0.717, 1.165) is 6.42 Å². The van der Waals surface area contributed by atoms with Gasteiger partial charge in [-0.2, -0.15) is 0 Å². The van der Waals surface area contributed by atoms with Gasteiger partial charge in [0.1, 0.15) is 0 Å². The van der Waals surface area contributed by atoms with E-state index in [-0.39, 0.29) is 22.1 Å². The summed E-state index contributed by atoms with van der Waals surface area (Å²) in [7, 11) is -3.74. The molecule has 1 atom stereocenters. The number of primary sulfonamides is 1. The maximum atomic E-state index is 11.9. The highest BCUT2D eigenvalue weighted by atomic mass is 32.2. The van der Waals surface area contributed by atoms with Crippen LogP contribution < -0.4 is 10.5 Å². The van der Waals surface area contributed by atoms with Crippen molar-refractivity contribution >= 4 is 21.6 Å². The summed E-state index contributed by atoms with van der Waals surface area (Å²) in [6.07, 6.45) is 0.855. The first-order valence-corrected chi connectivity index (χ1v) is 7.18. The molecule has 3 N–H and O–H groups in total.